The predicted molar refractivity (Wildman–Crippen MR) is 76.5 cm³/mol. The molecule has 0 radical (unpaired) electrons. The van der Waals surface area contributed by atoms with Crippen LogP contribution in [0.25, 0.3) is 0 Å². The highest BCUT2D eigenvalue weighted by Gasteiger charge is 2.29. The van der Waals surface area contributed by atoms with Crippen LogP contribution in [0.3, 0.4) is 0 Å². The maximum Gasteiger partial charge on any atom is 0.255 e. The van der Waals surface area contributed by atoms with Gasteiger partial charge in [0.15, 0.2) is 0 Å². The lowest BCUT2D eigenvalue weighted by Crippen LogP contribution is -2.50. The van der Waals surface area contributed by atoms with E-state index in [1.54, 1.807) is 23.1 Å². The summed E-state index contributed by atoms with van der Waals surface area (Å²) in [6.45, 7) is 2.66. The van der Waals surface area contributed by atoms with Gasteiger partial charge in [-0.05, 0) is 35.0 Å². The highest BCUT2D eigenvalue weighted by atomic mass is 79.9. The molecule has 1 aromatic carbocycles. The molecular formula is C13H15BrClNO3. The number of carbonyl (C=O) groups excluding carboxylic acids is 1. The molecule has 1 saturated heterocycles. The second kappa shape index (κ2) is 6.22. The topological polar surface area (TPSA) is 49.8 Å². The fourth-order valence-electron chi connectivity index (χ4n) is 2.15. The molecule has 0 aliphatic carbocycles. The van der Waals surface area contributed by atoms with Crippen LogP contribution in [0.1, 0.15) is 17.3 Å². The highest BCUT2D eigenvalue weighted by Crippen LogP contribution is 2.27. The van der Waals surface area contributed by atoms with Crippen LogP contribution in [-0.4, -0.2) is 47.8 Å². The summed E-state index contributed by atoms with van der Waals surface area (Å²) < 4.78 is 6.21. The monoisotopic (exact) mass is 347 g/mol. The zero-order valence-electron chi connectivity index (χ0n) is 10.5. The minimum atomic E-state index is -0.335. The molecule has 6 heteroatoms. The van der Waals surface area contributed by atoms with Gasteiger partial charge in [0, 0.05) is 17.6 Å². The average molecular weight is 349 g/mol. The van der Waals surface area contributed by atoms with Gasteiger partial charge in [-0.1, -0.05) is 17.7 Å². The third kappa shape index (κ3) is 3.28. The number of carbonyl (C=O) groups is 1. The van der Waals surface area contributed by atoms with Crippen molar-refractivity contribution in [2.24, 2.45) is 0 Å². The van der Waals surface area contributed by atoms with Crippen LogP contribution in [0, 0.1) is 0 Å². The van der Waals surface area contributed by atoms with E-state index >= 15 is 0 Å². The van der Waals surface area contributed by atoms with Crippen LogP contribution in [0.4, 0.5) is 0 Å². The number of nitrogens with zero attached hydrogens (tertiary/aromatic N) is 1. The summed E-state index contributed by atoms with van der Waals surface area (Å²) in [6, 6.07) is 5.26. The van der Waals surface area contributed by atoms with Gasteiger partial charge in [0.1, 0.15) is 0 Å². The zero-order chi connectivity index (χ0) is 14.0. The van der Waals surface area contributed by atoms with Gasteiger partial charge in [0.25, 0.3) is 5.91 Å². The number of hydrogen-bond acceptors (Lipinski definition) is 3. The first-order valence-corrected chi connectivity index (χ1v) is 7.19. The van der Waals surface area contributed by atoms with Crippen LogP contribution in [-0.2, 0) is 4.74 Å². The van der Waals surface area contributed by atoms with Gasteiger partial charge >= 0.3 is 0 Å². The minimum absolute atomic E-state index is 0.0965. The van der Waals surface area contributed by atoms with Gasteiger partial charge in [0.2, 0.25) is 0 Å². The number of aliphatic hydroxyl groups excluding tert-OH is 1. The molecule has 0 bridgehead atoms. The number of ether oxygens (including phenoxy) is 1. The number of morpholine rings is 1. The fraction of sp³-hybridized carbons (Fsp3) is 0.462. The molecule has 1 aliphatic rings. The zero-order valence-corrected chi connectivity index (χ0v) is 12.8. The van der Waals surface area contributed by atoms with Crippen molar-refractivity contribution in [2.75, 3.05) is 19.7 Å². The largest absolute Gasteiger partial charge is 0.394 e. The van der Waals surface area contributed by atoms with Gasteiger partial charge in [-0.2, -0.15) is 0 Å². The van der Waals surface area contributed by atoms with Crippen LogP contribution in [0.15, 0.2) is 22.7 Å². The molecule has 1 aromatic rings. The molecule has 1 fully saturated rings. The van der Waals surface area contributed by atoms with Crippen LogP contribution in [0.5, 0.6) is 0 Å². The smallest absolute Gasteiger partial charge is 0.255 e. The molecule has 4 nitrogen and oxygen atoms in total. The predicted octanol–water partition coefficient (Wildman–Crippen LogP) is 2.32. The third-order valence-corrected chi connectivity index (χ3v) is 4.30. The maximum absolute atomic E-state index is 12.5. The molecular weight excluding hydrogens is 334 g/mol. The van der Waals surface area contributed by atoms with E-state index in [0.717, 1.165) is 0 Å². The molecule has 19 heavy (non-hydrogen) atoms. The number of halogens is 2. The summed E-state index contributed by atoms with van der Waals surface area (Å²) in [4.78, 5) is 14.1. The summed E-state index contributed by atoms with van der Waals surface area (Å²) >= 11 is 9.45. The van der Waals surface area contributed by atoms with Crippen molar-refractivity contribution in [1.82, 2.24) is 4.90 Å². The Kier molecular flexibility index (Phi) is 4.84. The average Bonchev–Trinajstić information content (AvgIpc) is 2.40. The van der Waals surface area contributed by atoms with E-state index in [9.17, 15) is 9.90 Å². The number of amides is 1. The first-order valence-electron chi connectivity index (χ1n) is 6.02. The Morgan fingerprint density at radius 2 is 2.32 bits per heavy atom. The Hall–Kier alpha value is -0.620. The van der Waals surface area contributed by atoms with E-state index in [1.807, 2.05) is 6.92 Å². The summed E-state index contributed by atoms with van der Waals surface area (Å²) in [5.41, 5.74) is 0.460. The number of hydrogen-bond donors (Lipinski definition) is 1. The lowest BCUT2D eigenvalue weighted by Gasteiger charge is -2.36. The summed E-state index contributed by atoms with van der Waals surface area (Å²) in [6.07, 6.45) is -0.431. The van der Waals surface area contributed by atoms with E-state index in [2.05, 4.69) is 15.9 Å². The van der Waals surface area contributed by atoms with E-state index in [-0.39, 0.29) is 24.7 Å². The second-order valence-electron chi connectivity index (χ2n) is 4.56. The number of rotatable bonds is 2. The van der Waals surface area contributed by atoms with Crippen LogP contribution < -0.4 is 0 Å². The molecule has 2 rings (SSSR count). The maximum atomic E-state index is 12.5. The van der Waals surface area contributed by atoms with Gasteiger partial charge in [-0.15, -0.1) is 0 Å². The van der Waals surface area contributed by atoms with Crippen molar-refractivity contribution < 1.29 is 14.6 Å². The molecule has 0 aromatic heterocycles. The highest BCUT2D eigenvalue weighted by molar-refractivity contribution is 9.10. The van der Waals surface area contributed by atoms with Crippen molar-refractivity contribution in [3.05, 3.63) is 33.3 Å². The molecule has 0 saturated carbocycles. The van der Waals surface area contributed by atoms with Crippen molar-refractivity contribution in [2.45, 2.75) is 19.1 Å². The van der Waals surface area contributed by atoms with Crippen LogP contribution >= 0.6 is 27.5 Å². The molecule has 104 valence electrons. The normalized spacial score (nSPS) is 23.5. The SMILES string of the molecule is CC1CN(C(=O)c2cccc(Br)c2Cl)CC(CO)O1. The molecule has 0 spiro atoms. The van der Waals surface area contributed by atoms with Crippen molar-refractivity contribution >= 4 is 33.4 Å². The second-order valence-corrected chi connectivity index (χ2v) is 5.80. The summed E-state index contributed by atoms with van der Waals surface area (Å²) in [5.74, 6) is -0.139. The molecule has 2 atom stereocenters. The summed E-state index contributed by atoms with van der Waals surface area (Å²) in [7, 11) is 0. The molecule has 1 aliphatic heterocycles. The Balaban J connectivity index is 2.21. The Morgan fingerprint density at radius 3 is 3.00 bits per heavy atom. The van der Waals surface area contributed by atoms with Crippen molar-refractivity contribution in [1.29, 1.82) is 0 Å². The standard InChI is InChI=1S/C13H15BrClNO3/c1-8-5-16(6-9(7-17)19-8)13(18)10-3-2-4-11(14)12(10)15/h2-4,8-9,17H,5-7H2,1H3. The van der Waals surface area contributed by atoms with Gasteiger partial charge in [-0.25, -0.2) is 0 Å². The van der Waals surface area contributed by atoms with Crippen molar-refractivity contribution in [3.8, 4) is 0 Å². The van der Waals surface area contributed by atoms with E-state index in [0.29, 0.717) is 28.1 Å². The molecule has 1 N–H and O–H groups in total. The Bertz CT molecular complexity index is 483. The van der Waals surface area contributed by atoms with Crippen molar-refractivity contribution in [3.63, 3.8) is 0 Å². The number of aliphatic hydroxyl groups is 1. The van der Waals surface area contributed by atoms with Crippen LogP contribution in [0.2, 0.25) is 5.02 Å². The molecule has 1 heterocycles. The van der Waals surface area contributed by atoms with E-state index in [4.69, 9.17) is 16.3 Å². The minimum Gasteiger partial charge on any atom is -0.394 e. The van der Waals surface area contributed by atoms with Gasteiger partial charge < -0.3 is 14.7 Å². The number of benzene rings is 1. The molecule has 2 unspecified atom stereocenters. The Labute approximate surface area is 125 Å². The summed E-state index contributed by atoms with van der Waals surface area (Å²) in [5, 5.41) is 9.59. The van der Waals surface area contributed by atoms with Gasteiger partial charge in [-0.3, -0.25) is 4.79 Å². The quantitative estimate of drug-likeness (QED) is 0.892. The first-order chi connectivity index (χ1) is 9.02. The van der Waals surface area contributed by atoms with E-state index in [1.165, 1.54) is 0 Å². The fourth-order valence-corrected chi connectivity index (χ4v) is 2.72. The lowest BCUT2D eigenvalue weighted by molar-refractivity contribution is -0.0858. The lowest BCUT2D eigenvalue weighted by atomic mass is 10.1. The van der Waals surface area contributed by atoms with Gasteiger partial charge in [0.05, 0.1) is 29.4 Å². The Morgan fingerprint density at radius 1 is 1.58 bits per heavy atom. The van der Waals surface area contributed by atoms with E-state index < -0.39 is 0 Å². The first kappa shape index (κ1) is 14.8. The third-order valence-electron chi connectivity index (χ3n) is 3.00. The molecule has 1 amide bonds.